The van der Waals surface area contributed by atoms with Crippen molar-refractivity contribution in [2.75, 3.05) is 26.2 Å². The Labute approximate surface area is 105 Å². The Hall–Kier alpha value is -0.860. The predicted molar refractivity (Wildman–Crippen MR) is 73.5 cm³/mol. The summed E-state index contributed by atoms with van der Waals surface area (Å²) in [6.45, 7) is 13.6. The zero-order chi connectivity index (χ0) is 12.4. The van der Waals surface area contributed by atoms with Crippen molar-refractivity contribution in [3.8, 4) is 0 Å². The molecule has 1 aliphatic heterocycles. The van der Waals surface area contributed by atoms with Crippen LogP contribution < -0.4 is 5.32 Å². The molecule has 1 aliphatic rings. The molecule has 1 fully saturated rings. The maximum absolute atomic E-state index is 3.42. The van der Waals surface area contributed by atoms with Gasteiger partial charge in [0.25, 0.3) is 0 Å². The van der Waals surface area contributed by atoms with Crippen LogP contribution in [0.3, 0.4) is 0 Å². The van der Waals surface area contributed by atoms with Crippen LogP contribution in [0.25, 0.3) is 0 Å². The molecule has 0 aromatic heterocycles. The zero-order valence-electron chi connectivity index (χ0n) is 11.5. The lowest BCUT2D eigenvalue weighted by atomic mass is 9.94. The van der Waals surface area contributed by atoms with Gasteiger partial charge in [0.15, 0.2) is 0 Å². The summed E-state index contributed by atoms with van der Waals surface area (Å²) in [6, 6.07) is 5.15. The molecule has 1 heterocycles. The molecule has 2 rings (SSSR count). The van der Waals surface area contributed by atoms with E-state index in [2.05, 4.69) is 50.0 Å². The Kier molecular flexibility index (Phi) is 3.85. The standard InChI is InChI=1S/C15H24N2/c1-11-9-12(2)15(13(3)10-11)14(4)17-7-5-16-6-8-17/h9-10,14,16H,5-8H2,1-4H3/t14-/m0/s1. The van der Waals surface area contributed by atoms with E-state index in [4.69, 9.17) is 0 Å². The quantitative estimate of drug-likeness (QED) is 0.843. The summed E-state index contributed by atoms with van der Waals surface area (Å²) in [6.07, 6.45) is 0. The average Bonchev–Trinajstić information content (AvgIpc) is 2.28. The number of rotatable bonds is 2. The fourth-order valence-corrected chi connectivity index (χ4v) is 3.10. The van der Waals surface area contributed by atoms with Crippen molar-refractivity contribution in [2.24, 2.45) is 0 Å². The first-order valence-electron chi connectivity index (χ1n) is 6.62. The Balaban J connectivity index is 2.26. The fraction of sp³-hybridized carbons (Fsp3) is 0.600. The molecule has 0 aliphatic carbocycles. The van der Waals surface area contributed by atoms with Gasteiger partial charge in [-0.3, -0.25) is 4.90 Å². The number of benzene rings is 1. The summed E-state index contributed by atoms with van der Waals surface area (Å²) in [5.41, 5.74) is 5.77. The van der Waals surface area contributed by atoms with E-state index in [1.165, 1.54) is 22.3 Å². The number of nitrogens with zero attached hydrogens (tertiary/aromatic N) is 1. The molecule has 1 saturated heterocycles. The van der Waals surface area contributed by atoms with Crippen molar-refractivity contribution in [2.45, 2.75) is 33.7 Å². The average molecular weight is 232 g/mol. The van der Waals surface area contributed by atoms with Crippen molar-refractivity contribution in [1.82, 2.24) is 10.2 Å². The van der Waals surface area contributed by atoms with Gasteiger partial charge in [-0.25, -0.2) is 0 Å². The summed E-state index contributed by atoms with van der Waals surface area (Å²) >= 11 is 0. The van der Waals surface area contributed by atoms with Crippen molar-refractivity contribution >= 4 is 0 Å². The lowest BCUT2D eigenvalue weighted by Crippen LogP contribution is -2.44. The van der Waals surface area contributed by atoms with Gasteiger partial charge >= 0.3 is 0 Å². The number of aryl methyl sites for hydroxylation is 3. The van der Waals surface area contributed by atoms with Crippen molar-refractivity contribution < 1.29 is 0 Å². The van der Waals surface area contributed by atoms with Crippen LogP contribution in [0, 0.1) is 20.8 Å². The third-order valence-corrected chi connectivity index (χ3v) is 3.86. The highest BCUT2D eigenvalue weighted by atomic mass is 15.2. The van der Waals surface area contributed by atoms with E-state index in [1.54, 1.807) is 0 Å². The Morgan fingerprint density at radius 3 is 2.12 bits per heavy atom. The van der Waals surface area contributed by atoms with Gasteiger partial charge in [0.2, 0.25) is 0 Å². The van der Waals surface area contributed by atoms with Gasteiger partial charge in [-0.15, -0.1) is 0 Å². The number of hydrogen-bond acceptors (Lipinski definition) is 2. The Morgan fingerprint density at radius 2 is 1.59 bits per heavy atom. The van der Waals surface area contributed by atoms with Gasteiger partial charge in [0.1, 0.15) is 0 Å². The van der Waals surface area contributed by atoms with Crippen LogP contribution in [0.5, 0.6) is 0 Å². The lowest BCUT2D eigenvalue weighted by molar-refractivity contribution is 0.184. The monoisotopic (exact) mass is 232 g/mol. The maximum atomic E-state index is 3.42. The van der Waals surface area contributed by atoms with E-state index in [9.17, 15) is 0 Å². The summed E-state index contributed by atoms with van der Waals surface area (Å²) in [5, 5.41) is 3.42. The number of hydrogen-bond donors (Lipinski definition) is 1. The van der Waals surface area contributed by atoms with Crippen LogP contribution in [-0.2, 0) is 0 Å². The minimum absolute atomic E-state index is 0.540. The molecule has 94 valence electrons. The van der Waals surface area contributed by atoms with Crippen LogP contribution in [-0.4, -0.2) is 31.1 Å². The van der Waals surface area contributed by atoms with E-state index in [1.807, 2.05) is 0 Å². The molecule has 0 unspecified atom stereocenters. The molecule has 1 aromatic rings. The second-order valence-corrected chi connectivity index (χ2v) is 5.27. The minimum Gasteiger partial charge on any atom is -0.314 e. The number of piperazine rings is 1. The highest BCUT2D eigenvalue weighted by Crippen LogP contribution is 2.27. The molecule has 1 N–H and O–H groups in total. The van der Waals surface area contributed by atoms with Crippen LogP contribution in [0.2, 0.25) is 0 Å². The van der Waals surface area contributed by atoms with Crippen LogP contribution >= 0.6 is 0 Å². The SMILES string of the molecule is Cc1cc(C)c([C@H](C)N2CCNCC2)c(C)c1. The minimum atomic E-state index is 0.540. The van der Waals surface area contributed by atoms with Gasteiger partial charge in [0, 0.05) is 32.2 Å². The fourth-order valence-electron chi connectivity index (χ4n) is 3.10. The maximum Gasteiger partial charge on any atom is 0.0326 e. The largest absolute Gasteiger partial charge is 0.314 e. The summed E-state index contributed by atoms with van der Waals surface area (Å²) in [4.78, 5) is 2.58. The molecular weight excluding hydrogens is 208 g/mol. The second kappa shape index (κ2) is 5.19. The zero-order valence-corrected chi connectivity index (χ0v) is 11.5. The third kappa shape index (κ3) is 2.70. The lowest BCUT2D eigenvalue weighted by Gasteiger charge is -2.34. The first kappa shape index (κ1) is 12.6. The highest BCUT2D eigenvalue weighted by molar-refractivity contribution is 5.39. The van der Waals surface area contributed by atoms with E-state index in [-0.39, 0.29) is 0 Å². The van der Waals surface area contributed by atoms with Crippen LogP contribution in [0.1, 0.15) is 35.2 Å². The highest BCUT2D eigenvalue weighted by Gasteiger charge is 2.20. The smallest absolute Gasteiger partial charge is 0.0326 e. The van der Waals surface area contributed by atoms with Crippen molar-refractivity contribution in [3.63, 3.8) is 0 Å². The second-order valence-electron chi connectivity index (χ2n) is 5.27. The Bertz CT molecular complexity index is 369. The van der Waals surface area contributed by atoms with Gasteiger partial charge < -0.3 is 5.32 Å². The topological polar surface area (TPSA) is 15.3 Å². The normalized spacial score (nSPS) is 19.3. The molecule has 0 spiro atoms. The predicted octanol–water partition coefficient (Wildman–Crippen LogP) is 2.58. The van der Waals surface area contributed by atoms with Gasteiger partial charge in [-0.2, -0.15) is 0 Å². The first-order chi connectivity index (χ1) is 8.09. The molecule has 0 saturated carbocycles. The summed E-state index contributed by atoms with van der Waals surface area (Å²) in [7, 11) is 0. The molecule has 2 nitrogen and oxygen atoms in total. The van der Waals surface area contributed by atoms with Gasteiger partial charge in [0.05, 0.1) is 0 Å². The third-order valence-electron chi connectivity index (χ3n) is 3.86. The van der Waals surface area contributed by atoms with Crippen LogP contribution in [0.4, 0.5) is 0 Å². The number of nitrogens with one attached hydrogen (secondary N) is 1. The molecule has 0 radical (unpaired) electrons. The van der Waals surface area contributed by atoms with Crippen molar-refractivity contribution in [1.29, 1.82) is 0 Å². The molecule has 1 atom stereocenters. The molecule has 0 amide bonds. The first-order valence-corrected chi connectivity index (χ1v) is 6.62. The van der Waals surface area contributed by atoms with E-state index in [0.29, 0.717) is 6.04 Å². The molecule has 2 heteroatoms. The van der Waals surface area contributed by atoms with Gasteiger partial charge in [-0.05, 0) is 44.4 Å². The molecule has 1 aromatic carbocycles. The van der Waals surface area contributed by atoms with Crippen molar-refractivity contribution in [3.05, 3.63) is 34.4 Å². The van der Waals surface area contributed by atoms with E-state index >= 15 is 0 Å². The Morgan fingerprint density at radius 1 is 1.06 bits per heavy atom. The van der Waals surface area contributed by atoms with Crippen LogP contribution in [0.15, 0.2) is 12.1 Å². The van der Waals surface area contributed by atoms with E-state index < -0.39 is 0 Å². The summed E-state index contributed by atoms with van der Waals surface area (Å²) < 4.78 is 0. The molecule has 17 heavy (non-hydrogen) atoms. The van der Waals surface area contributed by atoms with Gasteiger partial charge in [-0.1, -0.05) is 17.7 Å². The van der Waals surface area contributed by atoms with E-state index in [0.717, 1.165) is 26.2 Å². The molecular formula is C15H24N2. The molecule has 0 bridgehead atoms. The summed E-state index contributed by atoms with van der Waals surface area (Å²) in [5.74, 6) is 0.